The van der Waals surface area contributed by atoms with E-state index < -0.39 is 0 Å². The predicted molar refractivity (Wildman–Crippen MR) is 89.2 cm³/mol. The van der Waals surface area contributed by atoms with Crippen molar-refractivity contribution >= 4 is 34.8 Å². The number of quaternary nitrogens is 1. The molecule has 1 aliphatic heterocycles. The Bertz CT molecular complexity index is 665. The Labute approximate surface area is 140 Å². The Balaban J connectivity index is 1.64. The molecule has 1 fully saturated rings. The molecule has 2 aromatic carbocycles. The van der Waals surface area contributed by atoms with E-state index in [4.69, 9.17) is 23.2 Å². The zero-order valence-electron chi connectivity index (χ0n) is 12.1. The zero-order chi connectivity index (χ0) is 15.5. The van der Waals surface area contributed by atoms with Gasteiger partial charge in [0.25, 0.3) is 5.91 Å². The van der Waals surface area contributed by atoms with Crippen LogP contribution in [0.25, 0.3) is 0 Å². The van der Waals surface area contributed by atoms with Gasteiger partial charge in [-0.1, -0.05) is 29.3 Å². The summed E-state index contributed by atoms with van der Waals surface area (Å²) in [5.74, 6) is 0.0711. The smallest absolute Gasteiger partial charge is 0.254 e. The normalized spacial score (nSPS) is 15.8. The summed E-state index contributed by atoms with van der Waals surface area (Å²) < 4.78 is 0. The van der Waals surface area contributed by atoms with Crippen LogP contribution in [0.2, 0.25) is 10.0 Å². The number of carbonyl (C=O) groups excluding carboxylic acids is 1. The summed E-state index contributed by atoms with van der Waals surface area (Å²) in [4.78, 5) is 15.7. The summed E-state index contributed by atoms with van der Waals surface area (Å²) in [6, 6.07) is 15.0. The fourth-order valence-corrected chi connectivity index (χ4v) is 3.07. The van der Waals surface area contributed by atoms with Gasteiger partial charge < -0.3 is 4.90 Å². The first kappa shape index (κ1) is 15.3. The van der Waals surface area contributed by atoms with E-state index in [1.165, 1.54) is 10.6 Å². The molecule has 1 N–H and O–H groups in total. The number of benzene rings is 2. The van der Waals surface area contributed by atoms with Crippen molar-refractivity contribution < 1.29 is 9.69 Å². The highest BCUT2D eigenvalue weighted by atomic mass is 35.5. The number of amides is 1. The number of hydrogen-bond donors (Lipinski definition) is 1. The molecule has 0 saturated carbocycles. The van der Waals surface area contributed by atoms with Crippen LogP contribution < -0.4 is 4.90 Å². The summed E-state index contributed by atoms with van der Waals surface area (Å²) in [5.41, 5.74) is 1.88. The van der Waals surface area contributed by atoms with Gasteiger partial charge in [0.2, 0.25) is 0 Å². The minimum atomic E-state index is 0.0711. The third-order valence-corrected chi connectivity index (χ3v) is 4.47. The van der Waals surface area contributed by atoms with Gasteiger partial charge in [-0.05, 0) is 36.4 Å². The Morgan fingerprint density at radius 3 is 2.27 bits per heavy atom. The van der Waals surface area contributed by atoms with Gasteiger partial charge in [-0.2, -0.15) is 0 Å². The quantitative estimate of drug-likeness (QED) is 0.896. The first-order valence-electron chi connectivity index (χ1n) is 7.29. The van der Waals surface area contributed by atoms with Crippen LogP contribution in [0, 0.1) is 0 Å². The molecule has 1 amide bonds. The number of halogens is 2. The fraction of sp³-hybridized carbons (Fsp3) is 0.235. The van der Waals surface area contributed by atoms with Crippen molar-refractivity contribution in [2.24, 2.45) is 0 Å². The minimum absolute atomic E-state index is 0.0711. The number of piperazine rings is 1. The van der Waals surface area contributed by atoms with E-state index in [1.807, 2.05) is 23.1 Å². The van der Waals surface area contributed by atoms with E-state index >= 15 is 0 Å². The lowest BCUT2D eigenvalue weighted by atomic mass is 10.1. The van der Waals surface area contributed by atoms with E-state index in [-0.39, 0.29) is 5.91 Å². The Kier molecular flexibility index (Phi) is 4.67. The van der Waals surface area contributed by atoms with Crippen LogP contribution in [0.3, 0.4) is 0 Å². The molecule has 114 valence electrons. The maximum Gasteiger partial charge on any atom is 0.254 e. The molecule has 1 aliphatic rings. The summed E-state index contributed by atoms with van der Waals surface area (Å²) >= 11 is 11.9. The van der Waals surface area contributed by atoms with Gasteiger partial charge >= 0.3 is 0 Å². The molecule has 0 atom stereocenters. The van der Waals surface area contributed by atoms with Gasteiger partial charge in [0.1, 0.15) is 5.69 Å². The molecule has 0 spiro atoms. The van der Waals surface area contributed by atoms with Crippen LogP contribution in [0.4, 0.5) is 5.69 Å². The average molecular weight is 336 g/mol. The molecule has 0 aliphatic carbocycles. The van der Waals surface area contributed by atoms with E-state index in [0.29, 0.717) is 10.6 Å². The number of nitrogens with zero attached hydrogens (tertiary/aromatic N) is 1. The van der Waals surface area contributed by atoms with E-state index in [0.717, 1.165) is 31.2 Å². The van der Waals surface area contributed by atoms with Gasteiger partial charge in [0.15, 0.2) is 0 Å². The highest BCUT2D eigenvalue weighted by molar-refractivity contribution is 6.31. The predicted octanol–water partition coefficient (Wildman–Crippen LogP) is 2.67. The van der Waals surface area contributed by atoms with Crippen molar-refractivity contribution in [1.82, 2.24) is 4.90 Å². The van der Waals surface area contributed by atoms with Crippen molar-refractivity contribution in [1.29, 1.82) is 0 Å². The summed E-state index contributed by atoms with van der Waals surface area (Å²) in [7, 11) is 0. The number of carbonyl (C=O) groups is 1. The largest absolute Gasteiger partial charge is 0.327 e. The van der Waals surface area contributed by atoms with Gasteiger partial charge in [-0.15, -0.1) is 0 Å². The summed E-state index contributed by atoms with van der Waals surface area (Å²) in [5, 5.41) is 1.40. The number of nitrogens with one attached hydrogen (secondary N) is 1. The van der Waals surface area contributed by atoms with Gasteiger partial charge in [0.05, 0.1) is 26.2 Å². The SMILES string of the molecule is O=C(c1ccc(Cl)cc1)N1CC[NH+](c2cccc(Cl)c2)CC1. The minimum Gasteiger partial charge on any atom is -0.327 e. The first-order chi connectivity index (χ1) is 10.6. The topological polar surface area (TPSA) is 24.8 Å². The number of hydrogen-bond acceptors (Lipinski definition) is 1. The molecule has 1 saturated heterocycles. The maximum absolute atomic E-state index is 12.5. The van der Waals surface area contributed by atoms with Crippen LogP contribution in [0.15, 0.2) is 48.5 Å². The maximum atomic E-state index is 12.5. The highest BCUT2D eigenvalue weighted by Gasteiger charge is 2.25. The van der Waals surface area contributed by atoms with Crippen molar-refractivity contribution in [3.63, 3.8) is 0 Å². The van der Waals surface area contributed by atoms with E-state index in [2.05, 4.69) is 6.07 Å². The summed E-state index contributed by atoms with van der Waals surface area (Å²) in [6.07, 6.45) is 0. The molecular formula is C17H17Cl2N2O+. The van der Waals surface area contributed by atoms with Crippen molar-refractivity contribution in [2.75, 3.05) is 26.2 Å². The van der Waals surface area contributed by atoms with Crippen LogP contribution in [0.5, 0.6) is 0 Å². The van der Waals surface area contributed by atoms with Gasteiger partial charge in [-0.25, -0.2) is 0 Å². The molecule has 5 heteroatoms. The second-order valence-corrected chi connectivity index (χ2v) is 6.29. The van der Waals surface area contributed by atoms with Crippen molar-refractivity contribution in [2.45, 2.75) is 0 Å². The molecule has 0 radical (unpaired) electrons. The third kappa shape index (κ3) is 3.43. The molecule has 0 aromatic heterocycles. The van der Waals surface area contributed by atoms with Crippen LogP contribution in [0.1, 0.15) is 10.4 Å². The standard InChI is InChI=1S/C17H16Cl2N2O/c18-14-6-4-13(5-7-14)17(22)21-10-8-20(9-11-21)16-3-1-2-15(19)12-16/h1-7,12H,8-11H2/p+1. The number of rotatable bonds is 2. The molecule has 3 nitrogen and oxygen atoms in total. The van der Waals surface area contributed by atoms with E-state index in [1.54, 1.807) is 24.3 Å². The summed E-state index contributed by atoms with van der Waals surface area (Å²) in [6.45, 7) is 3.26. The van der Waals surface area contributed by atoms with Crippen LogP contribution in [-0.2, 0) is 0 Å². The van der Waals surface area contributed by atoms with Crippen molar-refractivity contribution in [3.8, 4) is 0 Å². The molecule has 2 aromatic rings. The molecular weight excluding hydrogens is 319 g/mol. The molecule has 3 rings (SSSR count). The molecule has 22 heavy (non-hydrogen) atoms. The van der Waals surface area contributed by atoms with Gasteiger partial charge in [0, 0.05) is 21.7 Å². The lowest BCUT2D eigenvalue weighted by molar-refractivity contribution is -0.837. The first-order valence-corrected chi connectivity index (χ1v) is 8.04. The van der Waals surface area contributed by atoms with E-state index in [9.17, 15) is 4.79 Å². The second kappa shape index (κ2) is 6.69. The average Bonchev–Trinajstić information content (AvgIpc) is 2.55. The zero-order valence-corrected chi connectivity index (χ0v) is 13.6. The van der Waals surface area contributed by atoms with Crippen LogP contribution >= 0.6 is 23.2 Å². The lowest BCUT2D eigenvalue weighted by Crippen LogP contribution is -3.10. The Hall–Kier alpha value is -1.55. The van der Waals surface area contributed by atoms with Gasteiger partial charge in [-0.3, -0.25) is 9.69 Å². The monoisotopic (exact) mass is 335 g/mol. The Morgan fingerprint density at radius 1 is 0.955 bits per heavy atom. The Morgan fingerprint density at radius 2 is 1.64 bits per heavy atom. The third-order valence-electron chi connectivity index (χ3n) is 3.98. The second-order valence-electron chi connectivity index (χ2n) is 5.41. The van der Waals surface area contributed by atoms with Crippen LogP contribution in [-0.4, -0.2) is 37.0 Å². The lowest BCUT2D eigenvalue weighted by Gasteiger charge is -2.32. The molecule has 0 bridgehead atoms. The fourth-order valence-electron chi connectivity index (χ4n) is 2.75. The highest BCUT2D eigenvalue weighted by Crippen LogP contribution is 2.14. The molecule has 0 unspecified atom stereocenters. The van der Waals surface area contributed by atoms with Crippen molar-refractivity contribution in [3.05, 3.63) is 64.1 Å². The molecule has 1 heterocycles.